The summed E-state index contributed by atoms with van der Waals surface area (Å²) in [6.07, 6.45) is 4.30. The number of hydrogen-bond acceptors (Lipinski definition) is 6. The van der Waals surface area contributed by atoms with Gasteiger partial charge in [0, 0.05) is 20.1 Å². The third-order valence-corrected chi connectivity index (χ3v) is 6.63. The van der Waals surface area contributed by atoms with E-state index in [1.54, 1.807) is 109 Å². The van der Waals surface area contributed by atoms with E-state index in [4.69, 9.17) is 9.47 Å². The zero-order chi connectivity index (χ0) is 28.5. The number of halogens is 2. The summed E-state index contributed by atoms with van der Waals surface area (Å²) in [5.41, 5.74) is 2.42. The van der Waals surface area contributed by atoms with E-state index in [2.05, 4.69) is 31.9 Å². The molecule has 4 rings (SSSR count). The molecule has 0 radical (unpaired) electrons. The maximum atomic E-state index is 12.3. The largest absolute Gasteiger partial charge is 0.423 e. The maximum Gasteiger partial charge on any atom is 0.343 e. The number of aldehydes is 2. The van der Waals surface area contributed by atoms with E-state index in [9.17, 15) is 19.2 Å². The molecule has 0 bridgehead atoms. The summed E-state index contributed by atoms with van der Waals surface area (Å²) < 4.78 is 12.5. The molecule has 0 atom stereocenters. The van der Waals surface area contributed by atoms with E-state index < -0.39 is 11.9 Å². The van der Waals surface area contributed by atoms with Gasteiger partial charge in [-0.15, -0.1) is 0 Å². The smallest absolute Gasteiger partial charge is 0.343 e. The number of benzene rings is 4. The van der Waals surface area contributed by atoms with Gasteiger partial charge in [0.1, 0.15) is 11.5 Å². The number of allylic oxidation sites excluding steroid dienone is 2. The summed E-state index contributed by atoms with van der Waals surface area (Å²) in [7, 11) is 0. The maximum absolute atomic E-state index is 12.3. The molecule has 40 heavy (non-hydrogen) atoms. The average Bonchev–Trinajstić information content (AvgIpc) is 2.97. The van der Waals surface area contributed by atoms with Crippen LogP contribution in [0, 0.1) is 0 Å². The molecule has 0 aromatic heterocycles. The minimum absolute atomic E-state index is 0.167. The molecule has 0 aliphatic heterocycles. The van der Waals surface area contributed by atoms with Gasteiger partial charge < -0.3 is 9.47 Å². The van der Waals surface area contributed by atoms with E-state index >= 15 is 0 Å². The number of carbonyl (C=O) groups is 4. The van der Waals surface area contributed by atoms with E-state index in [0.717, 1.165) is 8.95 Å². The number of rotatable bonds is 9. The first kappa shape index (κ1) is 28.6. The van der Waals surface area contributed by atoms with Gasteiger partial charge in [0.15, 0.2) is 12.6 Å². The van der Waals surface area contributed by atoms with Gasteiger partial charge in [0.25, 0.3) is 0 Å². The van der Waals surface area contributed by atoms with Crippen molar-refractivity contribution in [3.05, 3.63) is 139 Å². The molecule has 6 nitrogen and oxygen atoms in total. The lowest BCUT2D eigenvalue weighted by Crippen LogP contribution is -2.08. The Balaban J connectivity index is 1.44. The van der Waals surface area contributed by atoms with Crippen molar-refractivity contribution in [1.29, 1.82) is 0 Å². The fourth-order valence-electron chi connectivity index (χ4n) is 3.50. The van der Waals surface area contributed by atoms with Crippen molar-refractivity contribution in [2.45, 2.75) is 0 Å². The molecule has 4 aromatic rings. The second kappa shape index (κ2) is 13.6. The van der Waals surface area contributed by atoms with Crippen LogP contribution in [0.15, 0.2) is 117 Å². The molecular weight excluding hydrogens is 640 g/mol. The minimum atomic E-state index is -0.496. The minimum Gasteiger partial charge on any atom is -0.423 e. The van der Waals surface area contributed by atoms with Crippen molar-refractivity contribution < 1.29 is 28.7 Å². The van der Waals surface area contributed by atoms with Crippen LogP contribution >= 0.6 is 31.9 Å². The fraction of sp³-hybridized carbons (Fsp3) is 0. The van der Waals surface area contributed by atoms with Crippen LogP contribution in [-0.4, -0.2) is 24.5 Å². The summed E-state index contributed by atoms with van der Waals surface area (Å²) >= 11 is 6.64. The van der Waals surface area contributed by atoms with Gasteiger partial charge in [-0.25, -0.2) is 9.59 Å². The SMILES string of the molecule is O=CC(=C/c1ccc(OC(=O)c2ccc(Br)cc2)cc1)/C(C=O)=C\c1ccc(OC(=O)c2ccc(Br)cc2)cc1. The Hall–Kier alpha value is -4.40. The summed E-state index contributed by atoms with van der Waals surface area (Å²) in [6, 6.07) is 26.7. The van der Waals surface area contributed by atoms with Crippen molar-refractivity contribution in [3.63, 3.8) is 0 Å². The van der Waals surface area contributed by atoms with Crippen LogP contribution < -0.4 is 9.47 Å². The number of esters is 2. The van der Waals surface area contributed by atoms with Crippen molar-refractivity contribution in [2.24, 2.45) is 0 Å². The van der Waals surface area contributed by atoms with Crippen LogP contribution in [0.5, 0.6) is 11.5 Å². The summed E-state index contributed by atoms with van der Waals surface area (Å²) in [4.78, 5) is 48.3. The van der Waals surface area contributed by atoms with Crippen molar-refractivity contribution in [1.82, 2.24) is 0 Å². The quantitative estimate of drug-likeness (QED) is 0.0608. The first-order chi connectivity index (χ1) is 19.3. The van der Waals surface area contributed by atoms with E-state index in [1.807, 2.05) is 0 Å². The van der Waals surface area contributed by atoms with Crippen LogP contribution in [-0.2, 0) is 9.59 Å². The topological polar surface area (TPSA) is 86.7 Å². The van der Waals surface area contributed by atoms with Crippen LogP contribution in [0.25, 0.3) is 12.2 Å². The normalized spacial score (nSPS) is 11.4. The first-order valence-corrected chi connectivity index (χ1v) is 13.4. The van der Waals surface area contributed by atoms with E-state index in [1.165, 1.54) is 0 Å². The molecule has 8 heteroatoms. The first-order valence-electron chi connectivity index (χ1n) is 11.8. The predicted molar refractivity (Wildman–Crippen MR) is 159 cm³/mol. The van der Waals surface area contributed by atoms with E-state index in [0.29, 0.717) is 46.3 Å². The fourth-order valence-corrected chi connectivity index (χ4v) is 4.03. The number of ether oxygens (including phenoxy) is 2. The van der Waals surface area contributed by atoms with Gasteiger partial charge in [-0.2, -0.15) is 0 Å². The Bertz CT molecular complexity index is 1460. The highest BCUT2D eigenvalue weighted by atomic mass is 79.9. The zero-order valence-corrected chi connectivity index (χ0v) is 23.9. The predicted octanol–water partition coefficient (Wildman–Crippen LogP) is 7.51. The van der Waals surface area contributed by atoms with Crippen molar-refractivity contribution >= 4 is 68.5 Å². The van der Waals surface area contributed by atoms with Gasteiger partial charge in [-0.05, 0) is 96.1 Å². The van der Waals surface area contributed by atoms with Crippen LogP contribution in [0.3, 0.4) is 0 Å². The monoisotopic (exact) mass is 658 g/mol. The molecule has 0 spiro atoms. The van der Waals surface area contributed by atoms with Gasteiger partial charge in [0.2, 0.25) is 0 Å². The Morgan fingerprint density at radius 1 is 0.500 bits per heavy atom. The Kier molecular flexibility index (Phi) is 9.72. The lowest BCUT2D eigenvalue weighted by atomic mass is 10.0. The van der Waals surface area contributed by atoms with Gasteiger partial charge in [-0.1, -0.05) is 56.1 Å². The molecule has 0 heterocycles. The molecule has 0 saturated heterocycles. The van der Waals surface area contributed by atoms with Gasteiger partial charge in [0.05, 0.1) is 11.1 Å². The van der Waals surface area contributed by atoms with Crippen LogP contribution in [0.1, 0.15) is 31.8 Å². The second-order valence-corrected chi connectivity index (χ2v) is 10.2. The van der Waals surface area contributed by atoms with Crippen LogP contribution in [0.2, 0.25) is 0 Å². The highest BCUT2D eigenvalue weighted by Crippen LogP contribution is 2.21. The Morgan fingerprint density at radius 2 is 0.825 bits per heavy atom. The van der Waals surface area contributed by atoms with Gasteiger partial charge in [-0.3, -0.25) is 9.59 Å². The van der Waals surface area contributed by atoms with Gasteiger partial charge >= 0.3 is 11.9 Å². The molecule has 198 valence electrons. The third-order valence-electron chi connectivity index (χ3n) is 5.57. The standard InChI is InChI=1S/C32H20Br2O6/c33-27-9-5-23(6-10-27)31(37)39-29-13-1-21(2-14-29)17-25(19-35)26(20-36)18-22-3-15-30(16-4-22)40-32(38)24-7-11-28(34)12-8-24/h1-20H/b25-17-,26-18-. The molecular formula is C32H20Br2O6. The molecule has 4 aromatic carbocycles. The third kappa shape index (κ3) is 7.81. The number of hydrogen-bond donors (Lipinski definition) is 0. The Morgan fingerprint density at radius 3 is 1.12 bits per heavy atom. The van der Waals surface area contributed by atoms with Crippen molar-refractivity contribution in [3.8, 4) is 11.5 Å². The summed E-state index contributed by atoms with van der Waals surface area (Å²) in [5, 5.41) is 0. The molecule has 0 aliphatic rings. The molecule has 0 fully saturated rings. The second-order valence-electron chi connectivity index (χ2n) is 8.37. The molecule has 0 aliphatic carbocycles. The highest BCUT2D eigenvalue weighted by molar-refractivity contribution is 9.10. The van der Waals surface area contributed by atoms with Crippen LogP contribution in [0.4, 0.5) is 0 Å². The molecule has 0 saturated carbocycles. The summed E-state index contributed by atoms with van der Waals surface area (Å²) in [5.74, 6) is -0.316. The Labute approximate surface area is 247 Å². The highest BCUT2D eigenvalue weighted by Gasteiger charge is 2.10. The molecule has 0 unspecified atom stereocenters. The summed E-state index contributed by atoms with van der Waals surface area (Å²) in [6.45, 7) is 0. The lowest BCUT2D eigenvalue weighted by molar-refractivity contribution is -0.107. The zero-order valence-electron chi connectivity index (χ0n) is 20.8. The molecule has 0 N–H and O–H groups in total. The molecule has 0 amide bonds. The van der Waals surface area contributed by atoms with Crippen molar-refractivity contribution in [2.75, 3.05) is 0 Å². The lowest BCUT2D eigenvalue weighted by Gasteiger charge is -2.06. The number of carbonyl (C=O) groups excluding carboxylic acids is 4. The van der Waals surface area contributed by atoms with E-state index in [-0.39, 0.29) is 11.1 Å². The average molecular weight is 660 g/mol.